The number of carbonyl (C=O) groups is 1. The van der Waals surface area contributed by atoms with Gasteiger partial charge in [0.15, 0.2) is 0 Å². The van der Waals surface area contributed by atoms with Gasteiger partial charge in [-0.15, -0.1) is 0 Å². The van der Waals surface area contributed by atoms with Gasteiger partial charge < -0.3 is 9.67 Å². The summed E-state index contributed by atoms with van der Waals surface area (Å²) in [5.41, 5.74) is 1.85. The fraction of sp³-hybridized carbons (Fsp3) is 0.500. The van der Waals surface area contributed by atoms with Crippen molar-refractivity contribution in [3.63, 3.8) is 0 Å². The van der Waals surface area contributed by atoms with Crippen LogP contribution in [0.4, 0.5) is 0 Å². The highest BCUT2D eigenvalue weighted by Crippen LogP contribution is 2.29. The summed E-state index contributed by atoms with van der Waals surface area (Å²) in [6.07, 6.45) is 0. The molecule has 1 atom stereocenters. The normalized spacial score (nSPS) is 13.0. The van der Waals surface area contributed by atoms with Crippen molar-refractivity contribution >= 4 is 28.8 Å². The molecule has 0 fully saturated rings. The van der Waals surface area contributed by atoms with E-state index < -0.39 is 5.97 Å². The zero-order valence-corrected chi connectivity index (χ0v) is 13.8. The maximum absolute atomic E-state index is 11.5. The summed E-state index contributed by atoms with van der Waals surface area (Å²) >= 11 is 1.86. The van der Waals surface area contributed by atoms with Crippen LogP contribution in [-0.2, 0) is 0 Å². The minimum atomic E-state index is -0.896. The highest BCUT2D eigenvalue weighted by atomic mass is 32.2. The predicted octanol–water partition coefficient (Wildman–Crippen LogP) is 4.17. The van der Waals surface area contributed by atoms with Crippen molar-refractivity contribution < 1.29 is 9.90 Å². The van der Waals surface area contributed by atoms with Gasteiger partial charge in [-0.25, -0.2) is 9.78 Å². The third-order valence-corrected chi connectivity index (χ3v) is 4.61. The summed E-state index contributed by atoms with van der Waals surface area (Å²) in [5.74, 6) is 2.33. The first-order valence-electron chi connectivity index (χ1n) is 7.29. The highest BCUT2D eigenvalue weighted by Gasteiger charge is 2.22. The number of thioether (sulfide) groups is 1. The molecule has 0 saturated heterocycles. The number of carboxylic acids is 1. The Bertz CT molecular complexity index is 649. The van der Waals surface area contributed by atoms with Gasteiger partial charge in [-0.1, -0.05) is 26.8 Å². The number of hydrogen-bond acceptors (Lipinski definition) is 3. The molecule has 1 aromatic heterocycles. The van der Waals surface area contributed by atoms with E-state index >= 15 is 0 Å². The van der Waals surface area contributed by atoms with Crippen molar-refractivity contribution in [2.75, 3.05) is 11.5 Å². The quantitative estimate of drug-likeness (QED) is 0.870. The number of fused-ring (bicyclic) bond motifs is 1. The molecular formula is C16H22N2O2S. The lowest BCUT2D eigenvalue weighted by atomic mass is 10.1. The van der Waals surface area contributed by atoms with Crippen LogP contribution < -0.4 is 0 Å². The van der Waals surface area contributed by atoms with Gasteiger partial charge in [-0.05, 0) is 24.8 Å². The largest absolute Gasteiger partial charge is 0.478 e. The molecule has 0 aliphatic carbocycles. The van der Waals surface area contributed by atoms with E-state index in [1.807, 2.05) is 17.8 Å². The molecule has 0 radical (unpaired) electrons. The molecule has 4 nitrogen and oxygen atoms in total. The van der Waals surface area contributed by atoms with Crippen molar-refractivity contribution in [3.05, 3.63) is 29.6 Å². The Labute approximate surface area is 129 Å². The van der Waals surface area contributed by atoms with Gasteiger partial charge in [0.2, 0.25) is 0 Å². The van der Waals surface area contributed by atoms with E-state index in [1.165, 1.54) is 0 Å². The summed E-state index contributed by atoms with van der Waals surface area (Å²) in [6, 6.07) is 5.53. The Morgan fingerprint density at radius 3 is 2.67 bits per heavy atom. The second-order valence-electron chi connectivity index (χ2n) is 5.48. The molecule has 2 aromatic rings. The number of rotatable bonds is 6. The lowest BCUT2D eigenvalue weighted by Crippen LogP contribution is -2.14. The maximum atomic E-state index is 11.5. The molecule has 1 unspecified atom stereocenters. The van der Waals surface area contributed by atoms with E-state index in [-0.39, 0.29) is 12.0 Å². The Balaban J connectivity index is 2.68. The molecule has 0 saturated carbocycles. The van der Waals surface area contributed by atoms with Crippen LogP contribution >= 0.6 is 11.8 Å². The lowest BCUT2D eigenvalue weighted by Gasteiger charge is -2.19. The predicted molar refractivity (Wildman–Crippen MR) is 88.5 cm³/mol. The fourth-order valence-electron chi connectivity index (χ4n) is 2.56. The number of para-hydroxylation sites is 1. The molecule has 21 heavy (non-hydrogen) atoms. The van der Waals surface area contributed by atoms with Crippen molar-refractivity contribution in [3.8, 4) is 0 Å². The second-order valence-corrected chi connectivity index (χ2v) is 6.80. The Hall–Kier alpha value is -1.49. The molecule has 114 valence electrons. The Kier molecular flexibility index (Phi) is 4.93. The Morgan fingerprint density at radius 2 is 2.10 bits per heavy atom. The Morgan fingerprint density at radius 1 is 1.38 bits per heavy atom. The average Bonchev–Trinajstić information content (AvgIpc) is 2.84. The smallest absolute Gasteiger partial charge is 0.337 e. The van der Waals surface area contributed by atoms with Crippen LogP contribution in [0.15, 0.2) is 18.2 Å². The van der Waals surface area contributed by atoms with Crippen LogP contribution in [0.3, 0.4) is 0 Å². The van der Waals surface area contributed by atoms with Crippen LogP contribution in [0.25, 0.3) is 11.0 Å². The van der Waals surface area contributed by atoms with Gasteiger partial charge in [0.05, 0.1) is 16.6 Å². The fourth-order valence-corrected chi connectivity index (χ4v) is 3.28. The molecule has 0 spiro atoms. The van der Waals surface area contributed by atoms with Gasteiger partial charge in [0.1, 0.15) is 5.82 Å². The van der Waals surface area contributed by atoms with Gasteiger partial charge in [-0.2, -0.15) is 11.8 Å². The maximum Gasteiger partial charge on any atom is 0.337 e. The van der Waals surface area contributed by atoms with Crippen LogP contribution in [-0.4, -0.2) is 32.1 Å². The van der Waals surface area contributed by atoms with Crippen LogP contribution in [0, 0.1) is 0 Å². The summed E-state index contributed by atoms with van der Waals surface area (Å²) in [6.45, 7) is 8.46. The summed E-state index contributed by atoms with van der Waals surface area (Å²) in [5, 5.41) is 9.47. The van der Waals surface area contributed by atoms with E-state index in [2.05, 4.69) is 37.2 Å². The molecule has 0 aliphatic heterocycles. The highest BCUT2D eigenvalue weighted by molar-refractivity contribution is 7.99. The zero-order valence-electron chi connectivity index (χ0n) is 13.0. The summed E-state index contributed by atoms with van der Waals surface area (Å²) in [4.78, 5) is 16.2. The zero-order chi connectivity index (χ0) is 15.6. The van der Waals surface area contributed by atoms with Crippen molar-refractivity contribution in [2.45, 2.75) is 39.7 Å². The molecular weight excluding hydrogens is 284 g/mol. The lowest BCUT2D eigenvalue weighted by molar-refractivity contribution is 0.0698. The molecule has 5 heteroatoms. The topological polar surface area (TPSA) is 55.1 Å². The van der Waals surface area contributed by atoms with Gasteiger partial charge in [-0.3, -0.25) is 0 Å². The second kappa shape index (κ2) is 6.52. The van der Waals surface area contributed by atoms with Crippen molar-refractivity contribution in [1.29, 1.82) is 0 Å². The summed E-state index contributed by atoms with van der Waals surface area (Å²) in [7, 11) is 0. The van der Waals surface area contributed by atoms with Gasteiger partial charge in [0.25, 0.3) is 0 Å². The average molecular weight is 306 g/mol. The molecule has 0 amide bonds. The first-order chi connectivity index (χ1) is 9.97. The number of imidazole rings is 1. The number of aromatic carboxylic acids is 1. The van der Waals surface area contributed by atoms with Crippen LogP contribution in [0.2, 0.25) is 0 Å². The number of benzene rings is 1. The standard InChI is InChI=1S/C16H22N2O2S/c1-5-21-9-11(4)18-14-12(16(19)20)7-6-8-13(14)17-15(18)10(2)3/h6-8,10-11H,5,9H2,1-4H3,(H,19,20). The first kappa shape index (κ1) is 15.9. The molecule has 2 rings (SSSR count). The third-order valence-electron chi connectivity index (χ3n) is 3.49. The van der Waals surface area contributed by atoms with E-state index in [1.54, 1.807) is 12.1 Å². The SMILES string of the molecule is CCSCC(C)n1c(C(C)C)nc2cccc(C(=O)O)c21. The molecule has 0 aliphatic rings. The number of carboxylic acid groups (broad SMARTS) is 1. The summed E-state index contributed by atoms with van der Waals surface area (Å²) < 4.78 is 2.12. The van der Waals surface area contributed by atoms with Crippen LogP contribution in [0.1, 0.15) is 55.8 Å². The van der Waals surface area contributed by atoms with E-state index in [0.29, 0.717) is 5.56 Å². The minimum absolute atomic E-state index is 0.220. The monoisotopic (exact) mass is 306 g/mol. The van der Waals surface area contributed by atoms with E-state index in [9.17, 15) is 9.90 Å². The third kappa shape index (κ3) is 3.07. The van der Waals surface area contributed by atoms with E-state index in [4.69, 9.17) is 0 Å². The molecule has 1 N–H and O–H groups in total. The van der Waals surface area contributed by atoms with Crippen molar-refractivity contribution in [2.24, 2.45) is 0 Å². The molecule has 1 heterocycles. The van der Waals surface area contributed by atoms with Crippen molar-refractivity contribution in [1.82, 2.24) is 9.55 Å². The molecule has 1 aromatic carbocycles. The van der Waals surface area contributed by atoms with Gasteiger partial charge >= 0.3 is 5.97 Å². The molecule has 0 bridgehead atoms. The van der Waals surface area contributed by atoms with E-state index in [0.717, 1.165) is 28.4 Å². The first-order valence-corrected chi connectivity index (χ1v) is 8.44. The minimum Gasteiger partial charge on any atom is -0.478 e. The van der Waals surface area contributed by atoms with Gasteiger partial charge in [0, 0.05) is 17.7 Å². The number of aromatic nitrogens is 2. The number of nitrogens with zero attached hydrogens (tertiary/aromatic N) is 2. The number of hydrogen-bond donors (Lipinski definition) is 1. The van der Waals surface area contributed by atoms with Crippen LogP contribution in [0.5, 0.6) is 0 Å².